The molecule has 2 aromatic heterocycles. The number of nitrogens with zero attached hydrogens (tertiary/aromatic N) is 3. The molecule has 0 aromatic carbocycles. The van der Waals surface area contributed by atoms with Gasteiger partial charge in [-0.05, 0) is 6.04 Å². The van der Waals surface area contributed by atoms with Crippen LogP contribution in [0.4, 0.5) is 0 Å². The molecule has 0 bridgehead atoms. The first kappa shape index (κ1) is 19.2. The van der Waals surface area contributed by atoms with Crippen LogP contribution in [-0.4, -0.2) is 37.3 Å². The van der Waals surface area contributed by atoms with Crippen LogP contribution in [0.15, 0.2) is 12.5 Å². The molecule has 0 amide bonds. The summed E-state index contributed by atoms with van der Waals surface area (Å²) in [4.78, 5) is 8.48. The van der Waals surface area contributed by atoms with E-state index in [9.17, 15) is 0 Å². The van der Waals surface area contributed by atoms with E-state index in [0.29, 0.717) is 11.9 Å². The first-order valence-electron chi connectivity index (χ1n) is 8.17. The third-order valence-corrected chi connectivity index (χ3v) is 6.27. The Kier molecular flexibility index (Phi) is 5.92. The van der Waals surface area contributed by atoms with Crippen molar-refractivity contribution in [3.05, 3.63) is 23.2 Å². The SMILES string of the molecule is C[Si](C)(C)C#Cc1cn(COCC[Si](C)(C)C)c2ncnc(Cl)c12. The fraction of sp³-hybridized carbons (Fsp3) is 0.529. The van der Waals surface area contributed by atoms with E-state index in [1.54, 1.807) is 0 Å². The summed E-state index contributed by atoms with van der Waals surface area (Å²) in [7, 11) is -2.55. The van der Waals surface area contributed by atoms with Crippen LogP contribution >= 0.6 is 11.6 Å². The van der Waals surface area contributed by atoms with Gasteiger partial charge in [0.25, 0.3) is 0 Å². The van der Waals surface area contributed by atoms with Crippen LogP contribution < -0.4 is 0 Å². The van der Waals surface area contributed by atoms with E-state index in [4.69, 9.17) is 16.3 Å². The summed E-state index contributed by atoms with van der Waals surface area (Å²) in [5.41, 5.74) is 5.05. The van der Waals surface area contributed by atoms with Crippen LogP contribution in [0, 0.1) is 11.5 Å². The molecule has 4 nitrogen and oxygen atoms in total. The average Bonchev–Trinajstić information content (AvgIpc) is 2.79. The van der Waals surface area contributed by atoms with E-state index in [0.717, 1.165) is 29.2 Å². The Bertz CT molecular complexity index is 779. The van der Waals surface area contributed by atoms with Gasteiger partial charge in [-0.1, -0.05) is 56.8 Å². The van der Waals surface area contributed by atoms with E-state index in [1.165, 1.54) is 6.33 Å². The highest BCUT2D eigenvalue weighted by molar-refractivity contribution is 6.83. The second-order valence-electron chi connectivity index (χ2n) is 8.22. The standard InChI is InChI=1S/C17H26ClN3OSi2/c1-23(2,3)9-7-14-11-21(13-22-8-10-24(4,5)6)17-15(14)16(18)19-12-20-17/h11-12H,8,10,13H2,1-6H3. The zero-order valence-corrected chi connectivity index (χ0v) is 18.2. The third-order valence-electron chi connectivity index (χ3n) is 3.41. The van der Waals surface area contributed by atoms with Crippen LogP contribution in [-0.2, 0) is 11.5 Å². The van der Waals surface area contributed by atoms with E-state index >= 15 is 0 Å². The Labute approximate surface area is 151 Å². The number of aromatic nitrogens is 3. The van der Waals surface area contributed by atoms with E-state index < -0.39 is 16.1 Å². The number of fused-ring (bicyclic) bond motifs is 1. The number of halogens is 1. The van der Waals surface area contributed by atoms with Crippen molar-refractivity contribution in [2.24, 2.45) is 0 Å². The molecular weight excluding hydrogens is 354 g/mol. The van der Waals surface area contributed by atoms with Crippen LogP contribution in [0.25, 0.3) is 11.0 Å². The highest BCUT2D eigenvalue weighted by Crippen LogP contribution is 2.25. The smallest absolute Gasteiger partial charge is 0.148 e. The first-order chi connectivity index (χ1) is 11.1. The van der Waals surface area contributed by atoms with Crippen molar-refractivity contribution in [2.45, 2.75) is 52.1 Å². The number of hydrogen-bond acceptors (Lipinski definition) is 3. The molecule has 24 heavy (non-hydrogen) atoms. The maximum Gasteiger partial charge on any atom is 0.148 e. The lowest BCUT2D eigenvalue weighted by Crippen LogP contribution is -2.22. The van der Waals surface area contributed by atoms with Gasteiger partial charge in [0.05, 0.1) is 10.9 Å². The molecule has 0 fully saturated rings. The van der Waals surface area contributed by atoms with Crippen molar-refractivity contribution < 1.29 is 4.74 Å². The topological polar surface area (TPSA) is 39.9 Å². The van der Waals surface area contributed by atoms with Crippen molar-refractivity contribution in [1.29, 1.82) is 0 Å². The van der Waals surface area contributed by atoms with Gasteiger partial charge < -0.3 is 9.30 Å². The largest absolute Gasteiger partial charge is 0.361 e. The summed E-state index contributed by atoms with van der Waals surface area (Å²) in [6.07, 6.45) is 3.46. The minimum absolute atomic E-state index is 0.445. The molecule has 0 aliphatic carbocycles. The molecular formula is C17H26ClN3OSi2. The molecule has 0 aliphatic rings. The number of hydrogen-bond donors (Lipinski definition) is 0. The van der Waals surface area contributed by atoms with Gasteiger partial charge in [0, 0.05) is 20.9 Å². The van der Waals surface area contributed by atoms with Crippen molar-refractivity contribution >= 4 is 38.8 Å². The van der Waals surface area contributed by atoms with Gasteiger partial charge in [-0.3, -0.25) is 0 Å². The summed E-state index contributed by atoms with van der Waals surface area (Å²) in [5.74, 6) is 3.28. The second-order valence-corrected chi connectivity index (χ2v) is 19.0. The molecule has 0 radical (unpaired) electrons. The van der Waals surface area contributed by atoms with E-state index in [-0.39, 0.29) is 0 Å². The lowest BCUT2D eigenvalue weighted by Gasteiger charge is -2.15. The quantitative estimate of drug-likeness (QED) is 0.329. The summed E-state index contributed by atoms with van der Waals surface area (Å²) < 4.78 is 7.83. The van der Waals surface area contributed by atoms with Crippen molar-refractivity contribution in [2.75, 3.05) is 6.61 Å². The Morgan fingerprint density at radius 2 is 1.88 bits per heavy atom. The van der Waals surface area contributed by atoms with Crippen molar-refractivity contribution in [3.8, 4) is 11.5 Å². The van der Waals surface area contributed by atoms with Crippen LogP contribution in [0.3, 0.4) is 0 Å². The predicted octanol–water partition coefficient (Wildman–Crippen LogP) is 4.63. The minimum Gasteiger partial charge on any atom is -0.361 e. The molecule has 0 unspecified atom stereocenters. The van der Waals surface area contributed by atoms with Gasteiger partial charge in [0.15, 0.2) is 0 Å². The van der Waals surface area contributed by atoms with Crippen LogP contribution in [0.5, 0.6) is 0 Å². The monoisotopic (exact) mass is 379 g/mol. The van der Waals surface area contributed by atoms with Gasteiger partial charge >= 0.3 is 0 Å². The molecule has 0 spiro atoms. The summed E-state index contributed by atoms with van der Waals surface area (Å²) in [6.45, 7) is 14.9. The van der Waals surface area contributed by atoms with E-state index in [1.807, 2.05) is 10.8 Å². The Balaban J connectivity index is 2.27. The first-order valence-corrected chi connectivity index (χ1v) is 15.8. The van der Waals surface area contributed by atoms with Gasteiger partial charge in [0.2, 0.25) is 0 Å². The molecule has 2 heterocycles. The third kappa shape index (κ3) is 5.45. The minimum atomic E-state index is -1.47. The maximum atomic E-state index is 6.29. The molecule has 0 saturated carbocycles. The van der Waals surface area contributed by atoms with E-state index in [2.05, 4.69) is 60.7 Å². The van der Waals surface area contributed by atoms with Gasteiger partial charge in [0.1, 0.15) is 31.9 Å². The average molecular weight is 380 g/mol. The van der Waals surface area contributed by atoms with Gasteiger partial charge in [-0.15, -0.1) is 5.54 Å². The Hall–Kier alpha value is -1.14. The fourth-order valence-electron chi connectivity index (χ4n) is 2.08. The number of rotatable bonds is 5. The van der Waals surface area contributed by atoms with Gasteiger partial charge in [-0.25, -0.2) is 9.97 Å². The molecule has 0 atom stereocenters. The summed E-state index contributed by atoms with van der Waals surface area (Å²) >= 11 is 6.29. The van der Waals surface area contributed by atoms with Crippen LogP contribution in [0.2, 0.25) is 50.5 Å². The lowest BCUT2D eigenvalue weighted by molar-refractivity contribution is 0.0898. The Morgan fingerprint density at radius 3 is 2.50 bits per heavy atom. The summed E-state index contributed by atoms with van der Waals surface area (Å²) in [5, 5.41) is 1.26. The van der Waals surface area contributed by atoms with Crippen LogP contribution in [0.1, 0.15) is 5.56 Å². The molecule has 2 aromatic rings. The number of ether oxygens (including phenoxy) is 1. The molecule has 0 N–H and O–H groups in total. The molecule has 2 rings (SSSR count). The van der Waals surface area contributed by atoms with Crippen molar-refractivity contribution in [3.63, 3.8) is 0 Å². The summed E-state index contributed by atoms with van der Waals surface area (Å²) in [6, 6.07) is 1.14. The highest BCUT2D eigenvalue weighted by atomic mass is 35.5. The normalized spacial score (nSPS) is 12.3. The second kappa shape index (κ2) is 7.40. The fourth-order valence-corrected chi connectivity index (χ4v) is 3.57. The molecule has 0 saturated heterocycles. The Morgan fingerprint density at radius 1 is 1.17 bits per heavy atom. The zero-order valence-electron chi connectivity index (χ0n) is 15.4. The highest BCUT2D eigenvalue weighted by Gasteiger charge is 2.15. The molecule has 7 heteroatoms. The molecule has 130 valence electrons. The lowest BCUT2D eigenvalue weighted by atomic mass is 10.2. The zero-order chi connectivity index (χ0) is 18.0. The predicted molar refractivity (Wildman–Crippen MR) is 107 cm³/mol. The van der Waals surface area contributed by atoms with Gasteiger partial charge in [-0.2, -0.15) is 0 Å². The maximum absolute atomic E-state index is 6.29. The molecule has 0 aliphatic heterocycles. The van der Waals surface area contributed by atoms with Crippen molar-refractivity contribution in [1.82, 2.24) is 14.5 Å².